The molecule has 0 aliphatic heterocycles. The SMILES string of the molecule is CCOCCOc1cc(C)ccc1CNC(=NC)NCCNC(=O)Cc1ccc(F)cc1.I. The van der Waals surface area contributed by atoms with Crippen molar-refractivity contribution in [2.45, 2.75) is 26.8 Å². The molecule has 9 heteroatoms. The molecule has 182 valence electrons. The van der Waals surface area contributed by atoms with Crippen LogP contribution in [0.1, 0.15) is 23.6 Å². The highest BCUT2D eigenvalue weighted by molar-refractivity contribution is 14.0. The number of guanidine groups is 1. The minimum absolute atomic E-state index is 0. The third-order valence-electron chi connectivity index (χ3n) is 4.60. The molecule has 2 rings (SSSR count). The third-order valence-corrected chi connectivity index (χ3v) is 4.60. The Morgan fingerprint density at radius 3 is 2.45 bits per heavy atom. The number of rotatable bonds is 12. The fourth-order valence-electron chi connectivity index (χ4n) is 2.93. The molecule has 0 atom stereocenters. The number of hydrogen-bond acceptors (Lipinski definition) is 4. The second kappa shape index (κ2) is 16.2. The number of nitrogens with zero attached hydrogens (tertiary/aromatic N) is 1. The second-order valence-corrected chi connectivity index (χ2v) is 7.16. The van der Waals surface area contributed by atoms with Gasteiger partial charge in [0, 0.05) is 38.9 Å². The largest absolute Gasteiger partial charge is 0.491 e. The molecule has 0 aliphatic rings. The molecule has 2 aromatic rings. The molecule has 0 aromatic heterocycles. The quantitative estimate of drug-likeness (QED) is 0.158. The van der Waals surface area contributed by atoms with Crippen molar-refractivity contribution in [3.63, 3.8) is 0 Å². The topological polar surface area (TPSA) is 84.0 Å². The number of hydrogen-bond donors (Lipinski definition) is 3. The second-order valence-electron chi connectivity index (χ2n) is 7.16. The lowest BCUT2D eigenvalue weighted by Crippen LogP contribution is -2.41. The van der Waals surface area contributed by atoms with E-state index in [0.29, 0.717) is 45.4 Å². The first kappa shape index (κ1) is 28.6. The van der Waals surface area contributed by atoms with Crippen molar-refractivity contribution in [2.75, 3.05) is 40.0 Å². The average molecular weight is 572 g/mol. The number of benzene rings is 2. The predicted molar refractivity (Wildman–Crippen MR) is 140 cm³/mol. The van der Waals surface area contributed by atoms with Gasteiger partial charge in [-0.1, -0.05) is 24.3 Å². The van der Waals surface area contributed by atoms with E-state index in [9.17, 15) is 9.18 Å². The Balaban J connectivity index is 0.00000544. The Kier molecular flexibility index (Phi) is 14.1. The smallest absolute Gasteiger partial charge is 0.224 e. The molecule has 1 amide bonds. The van der Waals surface area contributed by atoms with E-state index in [-0.39, 0.29) is 42.1 Å². The van der Waals surface area contributed by atoms with Crippen molar-refractivity contribution in [3.8, 4) is 5.75 Å². The van der Waals surface area contributed by atoms with Gasteiger partial charge in [0.15, 0.2) is 5.96 Å². The van der Waals surface area contributed by atoms with Crippen LogP contribution in [-0.4, -0.2) is 51.8 Å². The van der Waals surface area contributed by atoms with Gasteiger partial charge < -0.3 is 25.4 Å². The highest BCUT2D eigenvalue weighted by Crippen LogP contribution is 2.20. The van der Waals surface area contributed by atoms with E-state index < -0.39 is 0 Å². The third kappa shape index (κ3) is 11.3. The van der Waals surface area contributed by atoms with E-state index in [2.05, 4.69) is 20.9 Å². The van der Waals surface area contributed by atoms with Gasteiger partial charge in [-0.25, -0.2) is 4.39 Å². The number of halogens is 2. The number of aryl methyl sites for hydroxylation is 1. The minimum atomic E-state index is -0.313. The van der Waals surface area contributed by atoms with Crippen LogP contribution in [0.3, 0.4) is 0 Å². The summed E-state index contributed by atoms with van der Waals surface area (Å²) in [6.45, 7) is 7.19. The fourth-order valence-corrected chi connectivity index (χ4v) is 2.93. The molecule has 0 saturated heterocycles. The Hall–Kier alpha value is -2.40. The highest BCUT2D eigenvalue weighted by atomic mass is 127. The van der Waals surface area contributed by atoms with Crippen molar-refractivity contribution < 1.29 is 18.7 Å². The molecule has 0 heterocycles. The van der Waals surface area contributed by atoms with Crippen LogP contribution >= 0.6 is 24.0 Å². The van der Waals surface area contributed by atoms with Crippen LogP contribution in [0.4, 0.5) is 4.39 Å². The number of carbonyl (C=O) groups excluding carboxylic acids is 1. The van der Waals surface area contributed by atoms with Gasteiger partial charge >= 0.3 is 0 Å². The molecule has 3 N–H and O–H groups in total. The van der Waals surface area contributed by atoms with Crippen LogP contribution in [0, 0.1) is 12.7 Å². The summed E-state index contributed by atoms with van der Waals surface area (Å²) in [4.78, 5) is 16.2. The van der Waals surface area contributed by atoms with Gasteiger partial charge in [-0.3, -0.25) is 9.79 Å². The van der Waals surface area contributed by atoms with Crippen LogP contribution in [0.15, 0.2) is 47.5 Å². The summed E-state index contributed by atoms with van der Waals surface area (Å²) in [5.41, 5.74) is 2.91. The van der Waals surface area contributed by atoms with E-state index in [1.165, 1.54) is 12.1 Å². The number of ether oxygens (including phenoxy) is 2. The van der Waals surface area contributed by atoms with Gasteiger partial charge in [-0.2, -0.15) is 0 Å². The lowest BCUT2D eigenvalue weighted by atomic mass is 10.1. The first-order chi connectivity index (χ1) is 15.5. The summed E-state index contributed by atoms with van der Waals surface area (Å²) >= 11 is 0. The van der Waals surface area contributed by atoms with Gasteiger partial charge in [-0.05, 0) is 43.2 Å². The van der Waals surface area contributed by atoms with Gasteiger partial charge in [0.2, 0.25) is 5.91 Å². The predicted octanol–water partition coefficient (Wildman–Crippen LogP) is 3.19. The number of aliphatic imine (C=N–C) groups is 1. The average Bonchev–Trinajstić information content (AvgIpc) is 2.79. The molecule has 0 unspecified atom stereocenters. The summed E-state index contributed by atoms with van der Waals surface area (Å²) in [5.74, 6) is 1.02. The summed E-state index contributed by atoms with van der Waals surface area (Å²) in [6, 6.07) is 12.0. The first-order valence-corrected chi connectivity index (χ1v) is 10.8. The van der Waals surface area contributed by atoms with E-state index in [1.54, 1.807) is 19.2 Å². The number of nitrogens with one attached hydrogen (secondary N) is 3. The zero-order chi connectivity index (χ0) is 23.2. The Bertz CT molecular complexity index is 879. The van der Waals surface area contributed by atoms with Gasteiger partial charge in [0.1, 0.15) is 18.2 Å². The summed E-state index contributed by atoms with van der Waals surface area (Å²) in [7, 11) is 1.69. The van der Waals surface area contributed by atoms with Gasteiger partial charge in [0.25, 0.3) is 0 Å². The standard InChI is InChI=1S/C24H33FN4O3.HI/c1-4-31-13-14-32-22-15-18(2)5-8-20(22)17-29-24(26-3)28-12-11-27-23(30)16-19-6-9-21(25)10-7-19;/h5-10,15H,4,11-14,16-17H2,1-3H3,(H,27,30)(H2,26,28,29);1H. The molecule has 0 aliphatic carbocycles. The zero-order valence-corrected chi connectivity index (χ0v) is 21.8. The molecule has 2 aromatic carbocycles. The maximum atomic E-state index is 12.9. The molecule has 0 saturated carbocycles. The molecular formula is C24H34FIN4O3. The molecule has 0 fully saturated rings. The van der Waals surface area contributed by atoms with E-state index >= 15 is 0 Å². The van der Waals surface area contributed by atoms with Crippen LogP contribution in [0.5, 0.6) is 5.75 Å². The van der Waals surface area contributed by atoms with Crippen molar-refractivity contribution >= 4 is 35.8 Å². The maximum Gasteiger partial charge on any atom is 0.224 e. The maximum absolute atomic E-state index is 12.9. The van der Waals surface area contributed by atoms with Crippen molar-refractivity contribution in [1.29, 1.82) is 0 Å². The Labute approximate surface area is 212 Å². The van der Waals surface area contributed by atoms with Crippen LogP contribution < -0.4 is 20.7 Å². The molecule has 7 nitrogen and oxygen atoms in total. The van der Waals surface area contributed by atoms with E-state index in [1.807, 2.05) is 32.0 Å². The number of carbonyl (C=O) groups is 1. The summed E-state index contributed by atoms with van der Waals surface area (Å²) in [6.07, 6.45) is 0.215. The molecular weight excluding hydrogens is 538 g/mol. The Morgan fingerprint density at radius 1 is 1.03 bits per heavy atom. The first-order valence-electron chi connectivity index (χ1n) is 10.8. The summed E-state index contributed by atoms with van der Waals surface area (Å²) in [5, 5.41) is 9.27. The van der Waals surface area contributed by atoms with Crippen molar-refractivity contribution in [2.24, 2.45) is 4.99 Å². The van der Waals surface area contributed by atoms with Crippen molar-refractivity contribution in [1.82, 2.24) is 16.0 Å². The summed E-state index contributed by atoms with van der Waals surface area (Å²) < 4.78 is 24.1. The monoisotopic (exact) mass is 572 g/mol. The highest BCUT2D eigenvalue weighted by Gasteiger charge is 2.07. The van der Waals surface area contributed by atoms with E-state index in [0.717, 1.165) is 22.4 Å². The van der Waals surface area contributed by atoms with E-state index in [4.69, 9.17) is 9.47 Å². The Morgan fingerprint density at radius 2 is 1.76 bits per heavy atom. The number of amides is 1. The fraction of sp³-hybridized carbons (Fsp3) is 0.417. The lowest BCUT2D eigenvalue weighted by Gasteiger charge is -2.16. The van der Waals surface area contributed by atoms with Gasteiger partial charge in [-0.15, -0.1) is 24.0 Å². The lowest BCUT2D eigenvalue weighted by molar-refractivity contribution is -0.120. The normalized spacial score (nSPS) is 10.8. The molecule has 33 heavy (non-hydrogen) atoms. The molecule has 0 bridgehead atoms. The van der Waals surface area contributed by atoms with Gasteiger partial charge in [0.05, 0.1) is 13.0 Å². The van der Waals surface area contributed by atoms with Crippen molar-refractivity contribution in [3.05, 3.63) is 65.0 Å². The zero-order valence-electron chi connectivity index (χ0n) is 19.4. The molecule has 0 spiro atoms. The van der Waals surface area contributed by atoms with Crippen LogP contribution in [-0.2, 0) is 22.5 Å². The minimum Gasteiger partial charge on any atom is -0.491 e. The van der Waals surface area contributed by atoms with Crippen LogP contribution in [0.25, 0.3) is 0 Å². The van der Waals surface area contributed by atoms with Crippen LogP contribution in [0.2, 0.25) is 0 Å². The molecule has 0 radical (unpaired) electrons.